The predicted molar refractivity (Wildman–Crippen MR) is 58.8 cm³/mol. The van der Waals surface area contributed by atoms with Crippen LogP contribution >= 0.6 is 0 Å². The summed E-state index contributed by atoms with van der Waals surface area (Å²) in [5.41, 5.74) is 1.48. The van der Waals surface area contributed by atoms with E-state index >= 15 is 0 Å². The average Bonchev–Trinajstić information content (AvgIpc) is 2.19. The monoisotopic (exact) mass is 243 g/mol. The molecule has 0 atom stereocenters. The molecule has 2 heterocycles. The number of hydrogen-bond donors (Lipinski definition) is 2. The number of nitrogens with one attached hydrogen (secondary N) is 2. The molecule has 0 saturated heterocycles. The predicted octanol–water partition coefficient (Wildman–Crippen LogP) is -1.04. The zero-order valence-electron chi connectivity index (χ0n) is 8.91. The van der Waals surface area contributed by atoms with Gasteiger partial charge >= 0.3 is 5.69 Å². The lowest BCUT2D eigenvalue weighted by Gasteiger charge is -2.18. The molecule has 0 aliphatic carbocycles. The van der Waals surface area contributed by atoms with E-state index in [-0.39, 0.29) is 11.5 Å². The van der Waals surface area contributed by atoms with Crippen molar-refractivity contribution in [3.8, 4) is 0 Å². The summed E-state index contributed by atoms with van der Waals surface area (Å²) in [5.74, 6) is 0.0715. The van der Waals surface area contributed by atoms with Crippen molar-refractivity contribution in [1.82, 2.24) is 15.3 Å². The van der Waals surface area contributed by atoms with Crippen LogP contribution in [0.2, 0.25) is 0 Å². The Labute approximate surface area is 93.0 Å². The van der Waals surface area contributed by atoms with Crippen molar-refractivity contribution in [2.24, 2.45) is 0 Å². The summed E-state index contributed by atoms with van der Waals surface area (Å²) in [5, 5.41) is 2.88. The number of nitrogens with zero attached hydrogens (tertiary/aromatic N) is 1. The van der Waals surface area contributed by atoms with Gasteiger partial charge in [-0.05, 0) is 7.05 Å². The van der Waals surface area contributed by atoms with Crippen LogP contribution in [0, 0.1) is 0 Å². The third-order valence-corrected chi connectivity index (χ3v) is 4.13. The molecule has 0 spiro atoms. The Kier molecular flexibility index (Phi) is 2.81. The third-order valence-electron chi connectivity index (χ3n) is 2.58. The molecule has 1 aliphatic heterocycles. The van der Waals surface area contributed by atoms with Gasteiger partial charge < -0.3 is 10.3 Å². The molecule has 0 aromatic carbocycles. The van der Waals surface area contributed by atoms with E-state index in [0.717, 1.165) is 0 Å². The van der Waals surface area contributed by atoms with Crippen molar-refractivity contribution >= 4 is 9.84 Å². The van der Waals surface area contributed by atoms with Gasteiger partial charge in [0.25, 0.3) is 0 Å². The van der Waals surface area contributed by atoms with E-state index in [1.54, 1.807) is 7.05 Å². The zero-order valence-corrected chi connectivity index (χ0v) is 9.73. The van der Waals surface area contributed by atoms with Crippen molar-refractivity contribution in [3.63, 3.8) is 0 Å². The van der Waals surface area contributed by atoms with Crippen molar-refractivity contribution < 1.29 is 8.42 Å². The standard InChI is InChI=1S/C9H13N3O3S/c1-10-4-8-6-5-16(14,15)3-2-7(6)11-9(13)12-8/h10H,2-5H2,1H3,(H,11,12,13). The Hall–Kier alpha value is -1.21. The second-order valence-electron chi connectivity index (χ2n) is 3.82. The summed E-state index contributed by atoms with van der Waals surface area (Å²) in [6, 6.07) is 0. The van der Waals surface area contributed by atoms with E-state index in [4.69, 9.17) is 0 Å². The van der Waals surface area contributed by atoms with Gasteiger partial charge in [-0.2, -0.15) is 4.98 Å². The minimum Gasteiger partial charge on any atom is -0.314 e. The van der Waals surface area contributed by atoms with Crippen LogP contribution in [0.1, 0.15) is 17.0 Å². The summed E-state index contributed by atoms with van der Waals surface area (Å²) in [6.07, 6.45) is 0.367. The van der Waals surface area contributed by atoms with E-state index < -0.39 is 15.5 Å². The number of fused-ring (bicyclic) bond motifs is 1. The van der Waals surface area contributed by atoms with Gasteiger partial charge in [-0.15, -0.1) is 0 Å². The second kappa shape index (κ2) is 3.99. The number of rotatable bonds is 2. The van der Waals surface area contributed by atoms with Crippen LogP contribution in [0.15, 0.2) is 4.79 Å². The van der Waals surface area contributed by atoms with Crippen molar-refractivity contribution in [1.29, 1.82) is 0 Å². The molecule has 0 bridgehead atoms. The van der Waals surface area contributed by atoms with E-state index in [0.29, 0.717) is 29.9 Å². The van der Waals surface area contributed by atoms with Gasteiger partial charge in [-0.25, -0.2) is 13.2 Å². The quantitative estimate of drug-likeness (QED) is 0.692. The molecular weight excluding hydrogens is 230 g/mol. The summed E-state index contributed by atoms with van der Waals surface area (Å²) in [7, 11) is -1.31. The minimum atomic E-state index is -3.04. The van der Waals surface area contributed by atoms with Gasteiger partial charge in [-0.3, -0.25) is 0 Å². The molecule has 7 heteroatoms. The molecule has 2 N–H and O–H groups in total. The van der Waals surface area contributed by atoms with Crippen LogP contribution < -0.4 is 11.0 Å². The van der Waals surface area contributed by atoms with Crippen molar-refractivity contribution in [2.75, 3.05) is 12.8 Å². The number of sulfone groups is 1. The molecule has 6 nitrogen and oxygen atoms in total. The summed E-state index contributed by atoms with van der Waals surface area (Å²) < 4.78 is 23.0. The molecule has 0 fully saturated rings. The molecule has 1 aliphatic rings. The smallest absolute Gasteiger partial charge is 0.314 e. The fourth-order valence-electron chi connectivity index (χ4n) is 1.84. The highest BCUT2D eigenvalue weighted by Gasteiger charge is 2.25. The molecule has 16 heavy (non-hydrogen) atoms. The lowest BCUT2D eigenvalue weighted by molar-refractivity contribution is 0.588. The maximum atomic E-state index is 11.5. The molecule has 0 radical (unpaired) electrons. The maximum Gasteiger partial charge on any atom is 0.345 e. The SMILES string of the molecule is CNCc1nc(=O)[nH]c2c1CS(=O)(=O)CC2. The first kappa shape index (κ1) is 11.3. The van der Waals surface area contributed by atoms with E-state index in [1.807, 2.05) is 0 Å². The number of aryl methyl sites for hydroxylation is 1. The van der Waals surface area contributed by atoms with Gasteiger partial charge in [0.2, 0.25) is 0 Å². The average molecular weight is 243 g/mol. The first-order chi connectivity index (χ1) is 7.52. The third kappa shape index (κ3) is 2.14. The topological polar surface area (TPSA) is 91.9 Å². The second-order valence-corrected chi connectivity index (χ2v) is 6.00. The molecular formula is C9H13N3O3S. The fourth-order valence-corrected chi connectivity index (χ4v) is 3.28. The molecule has 1 aromatic rings. The first-order valence-electron chi connectivity index (χ1n) is 4.98. The number of hydrogen-bond acceptors (Lipinski definition) is 5. The van der Waals surface area contributed by atoms with E-state index in [1.165, 1.54) is 0 Å². The van der Waals surface area contributed by atoms with Gasteiger partial charge in [0.15, 0.2) is 9.84 Å². The molecule has 0 amide bonds. The summed E-state index contributed by atoms with van der Waals surface area (Å²) in [6.45, 7) is 0.405. The van der Waals surface area contributed by atoms with Crippen LogP contribution in [-0.2, 0) is 28.6 Å². The highest BCUT2D eigenvalue weighted by molar-refractivity contribution is 7.90. The van der Waals surface area contributed by atoms with Crippen LogP contribution in [0.25, 0.3) is 0 Å². The number of aromatic nitrogens is 2. The Morgan fingerprint density at radius 2 is 2.25 bits per heavy atom. The molecule has 2 rings (SSSR count). The fraction of sp³-hybridized carbons (Fsp3) is 0.556. The maximum absolute atomic E-state index is 11.5. The normalized spacial score (nSPS) is 18.1. The van der Waals surface area contributed by atoms with E-state index in [2.05, 4.69) is 15.3 Å². The Morgan fingerprint density at radius 3 is 2.94 bits per heavy atom. The Morgan fingerprint density at radius 1 is 1.50 bits per heavy atom. The van der Waals surface area contributed by atoms with Crippen LogP contribution in [0.3, 0.4) is 0 Å². The van der Waals surface area contributed by atoms with Crippen LogP contribution in [-0.4, -0.2) is 31.2 Å². The summed E-state index contributed by atoms with van der Waals surface area (Å²) >= 11 is 0. The minimum absolute atomic E-state index is 0.0247. The molecule has 0 unspecified atom stereocenters. The van der Waals surface area contributed by atoms with Crippen LogP contribution in [0.5, 0.6) is 0 Å². The largest absolute Gasteiger partial charge is 0.345 e. The molecule has 1 aromatic heterocycles. The van der Waals surface area contributed by atoms with Crippen molar-refractivity contribution in [2.45, 2.75) is 18.7 Å². The van der Waals surface area contributed by atoms with Gasteiger partial charge in [0.1, 0.15) is 0 Å². The first-order valence-corrected chi connectivity index (χ1v) is 6.80. The summed E-state index contributed by atoms with van der Waals surface area (Å²) in [4.78, 5) is 17.7. The van der Waals surface area contributed by atoms with Gasteiger partial charge in [0, 0.05) is 24.2 Å². The van der Waals surface area contributed by atoms with Gasteiger partial charge in [0.05, 0.1) is 17.2 Å². The lowest BCUT2D eigenvalue weighted by atomic mass is 10.1. The number of H-pyrrole nitrogens is 1. The van der Waals surface area contributed by atoms with Gasteiger partial charge in [-0.1, -0.05) is 0 Å². The zero-order chi connectivity index (χ0) is 11.8. The Bertz CT molecular complexity index is 562. The highest BCUT2D eigenvalue weighted by atomic mass is 32.2. The van der Waals surface area contributed by atoms with Crippen molar-refractivity contribution in [3.05, 3.63) is 27.4 Å². The highest BCUT2D eigenvalue weighted by Crippen LogP contribution is 2.19. The molecule has 88 valence electrons. The Balaban J connectivity index is 2.55. The van der Waals surface area contributed by atoms with E-state index in [9.17, 15) is 13.2 Å². The number of aromatic amines is 1. The molecule has 0 saturated carbocycles. The lowest BCUT2D eigenvalue weighted by Crippen LogP contribution is -2.28. The van der Waals surface area contributed by atoms with Crippen LogP contribution in [0.4, 0.5) is 0 Å².